The number of benzene rings is 1. The van der Waals surface area contributed by atoms with Crippen LogP contribution in [-0.2, 0) is 10.2 Å². The third-order valence-corrected chi connectivity index (χ3v) is 4.21. The van der Waals surface area contributed by atoms with E-state index in [1.807, 2.05) is 6.08 Å². The minimum Gasteiger partial charge on any atom is -0.189 e. The molecule has 18 heavy (non-hydrogen) atoms. The minimum atomic E-state index is -4.58. The molecule has 0 aromatic heterocycles. The Morgan fingerprint density at radius 3 is 2.22 bits per heavy atom. The summed E-state index contributed by atoms with van der Waals surface area (Å²) in [6.45, 7) is 0. The molecule has 0 unspecified atom stereocenters. The topological polar surface area (TPSA) is 34.1 Å². The van der Waals surface area contributed by atoms with E-state index in [-0.39, 0.29) is 4.90 Å². The van der Waals surface area contributed by atoms with E-state index in [0.29, 0.717) is 5.92 Å². The summed E-state index contributed by atoms with van der Waals surface area (Å²) in [6.07, 6.45) is 10.5. The fraction of sp³-hybridized carbons (Fsp3) is 0.429. The maximum Gasteiger partial charge on any atom is 0.332 e. The van der Waals surface area contributed by atoms with Gasteiger partial charge in [-0.1, -0.05) is 43.5 Å². The first-order valence-electron chi connectivity index (χ1n) is 6.28. The molecule has 0 saturated heterocycles. The molecule has 1 aromatic rings. The summed E-state index contributed by atoms with van der Waals surface area (Å²) in [4.78, 5) is -0.280. The highest BCUT2D eigenvalue weighted by Gasteiger charge is 2.11. The van der Waals surface area contributed by atoms with Crippen LogP contribution >= 0.6 is 0 Å². The van der Waals surface area contributed by atoms with E-state index in [1.54, 1.807) is 12.1 Å². The lowest BCUT2D eigenvalue weighted by Gasteiger charge is -2.17. The smallest absolute Gasteiger partial charge is 0.189 e. The molecule has 0 aliphatic heterocycles. The van der Waals surface area contributed by atoms with Crippen LogP contribution in [0.15, 0.2) is 35.2 Å². The van der Waals surface area contributed by atoms with Crippen molar-refractivity contribution in [2.24, 2.45) is 5.92 Å². The molecule has 2 rings (SSSR count). The Labute approximate surface area is 108 Å². The van der Waals surface area contributed by atoms with E-state index >= 15 is 0 Å². The number of hydrogen-bond donors (Lipinski definition) is 0. The number of hydrogen-bond acceptors (Lipinski definition) is 2. The molecular weight excluding hydrogens is 251 g/mol. The molecule has 0 heterocycles. The summed E-state index contributed by atoms with van der Waals surface area (Å²) in [5, 5.41) is 0. The van der Waals surface area contributed by atoms with Crippen LogP contribution in [0.3, 0.4) is 0 Å². The van der Waals surface area contributed by atoms with Gasteiger partial charge in [0.15, 0.2) is 0 Å². The Bertz CT molecular complexity index is 511. The van der Waals surface area contributed by atoms with Crippen LogP contribution in [0.1, 0.15) is 37.7 Å². The van der Waals surface area contributed by atoms with Crippen LogP contribution in [0.5, 0.6) is 0 Å². The SMILES string of the molecule is O=S(=O)(F)c1ccc(/C=C/C2CCCCC2)cc1. The van der Waals surface area contributed by atoms with Crippen molar-refractivity contribution in [3.63, 3.8) is 0 Å². The largest absolute Gasteiger partial charge is 0.332 e. The zero-order chi connectivity index (χ0) is 13.0. The van der Waals surface area contributed by atoms with Crippen LogP contribution in [-0.4, -0.2) is 8.42 Å². The molecule has 0 N–H and O–H groups in total. The van der Waals surface area contributed by atoms with Gasteiger partial charge in [-0.2, -0.15) is 8.42 Å². The molecule has 2 nitrogen and oxygen atoms in total. The average molecular weight is 268 g/mol. The highest BCUT2D eigenvalue weighted by Crippen LogP contribution is 2.25. The van der Waals surface area contributed by atoms with Crippen LogP contribution < -0.4 is 0 Å². The summed E-state index contributed by atoms with van der Waals surface area (Å²) < 4.78 is 34.0. The Hall–Kier alpha value is -1.16. The second kappa shape index (κ2) is 5.65. The number of rotatable bonds is 3. The van der Waals surface area contributed by atoms with Crippen molar-refractivity contribution in [3.05, 3.63) is 35.9 Å². The van der Waals surface area contributed by atoms with Gasteiger partial charge in [0.1, 0.15) is 0 Å². The van der Waals surface area contributed by atoms with E-state index in [9.17, 15) is 12.3 Å². The van der Waals surface area contributed by atoms with Crippen molar-refractivity contribution >= 4 is 16.3 Å². The Morgan fingerprint density at radius 1 is 1.06 bits per heavy atom. The normalized spacial score (nSPS) is 18.3. The van der Waals surface area contributed by atoms with Gasteiger partial charge in [0.05, 0.1) is 4.90 Å². The van der Waals surface area contributed by atoms with E-state index in [4.69, 9.17) is 0 Å². The summed E-state index contributed by atoms with van der Waals surface area (Å²) in [6, 6.07) is 5.86. The monoisotopic (exact) mass is 268 g/mol. The van der Waals surface area contributed by atoms with E-state index in [1.165, 1.54) is 44.2 Å². The van der Waals surface area contributed by atoms with E-state index in [2.05, 4.69) is 6.08 Å². The molecule has 0 amide bonds. The molecule has 1 saturated carbocycles. The fourth-order valence-corrected chi connectivity index (χ4v) is 2.78. The molecule has 0 spiro atoms. The second-order valence-electron chi connectivity index (χ2n) is 4.76. The molecule has 0 bridgehead atoms. The maximum atomic E-state index is 12.7. The van der Waals surface area contributed by atoms with Crippen molar-refractivity contribution in [1.82, 2.24) is 0 Å². The predicted octanol–water partition coefficient (Wildman–Crippen LogP) is 3.94. The van der Waals surface area contributed by atoms with Crippen LogP contribution in [0, 0.1) is 5.92 Å². The highest BCUT2D eigenvalue weighted by molar-refractivity contribution is 7.86. The van der Waals surface area contributed by atoms with Gasteiger partial charge in [0, 0.05) is 0 Å². The first-order chi connectivity index (χ1) is 8.55. The zero-order valence-corrected chi connectivity index (χ0v) is 11.0. The van der Waals surface area contributed by atoms with Gasteiger partial charge in [-0.3, -0.25) is 0 Å². The molecule has 0 radical (unpaired) electrons. The van der Waals surface area contributed by atoms with Gasteiger partial charge in [-0.05, 0) is 36.5 Å². The predicted molar refractivity (Wildman–Crippen MR) is 70.3 cm³/mol. The first-order valence-corrected chi connectivity index (χ1v) is 7.67. The van der Waals surface area contributed by atoms with Gasteiger partial charge in [-0.15, -0.1) is 3.89 Å². The van der Waals surface area contributed by atoms with Gasteiger partial charge in [-0.25, -0.2) is 0 Å². The summed E-state index contributed by atoms with van der Waals surface area (Å²) in [5.74, 6) is 0.628. The molecule has 1 aliphatic rings. The highest BCUT2D eigenvalue weighted by atomic mass is 32.3. The van der Waals surface area contributed by atoms with E-state index in [0.717, 1.165) is 5.56 Å². The molecule has 1 fully saturated rings. The van der Waals surface area contributed by atoms with Gasteiger partial charge >= 0.3 is 10.2 Å². The van der Waals surface area contributed by atoms with Crippen molar-refractivity contribution in [2.45, 2.75) is 37.0 Å². The lowest BCUT2D eigenvalue weighted by atomic mass is 9.89. The summed E-state index contributed by atoms with van der Waals surface area (Å²) >= 11 is 0. The molecule has 98 valence electrons. The molecular formula is C14H17FO2S. The first kappa shape index (κ1) is 13.3. The number of halogens is 1. The zero-order valence-electron chi connectivity index (χ0n) is 10.2. The quantitative estimate of drug-likeness (QED) is 0.778. The minimum absolute atomic E-state index is 0.280. The van der Waals surface area contributed by atoms with Crippen molar-refractivity contribution in [1.29, 1.82) is 0 Å². The standard InChI is InChI=1S/C14H17FO2S/c15-18(16,17)14-10-8-13(9-11-14)7-6-12-4-2-1-3-5-12/h6-12H,1-5H2/b7-6+. The van der Waals surface area contributed by atoms with Crippen molar-refractivity contribution in [3.8, 4) is 0 Å². The Kier molecular flexibility index (Phi) is 4.17. The second-order valence-corrected chi connectivity index (χ2v) is 6.11. The molecule has 0 atom stereocenters. The van der Waals surface area contributed by atoms with Crippen LogP contribution in [0.25, 0.3) is 6.08 Å². The van der Waals surface area contributed by atoms with Gasteiger partial charge in [0.25, 0.3) is 0 Å². The summed E-state index contributed by atoms with van der Waals surface area (Å²) in [7, 11) is -4.58. The van der Waals surface area contributed by atoms with Crippen molar-refractivity contribution in [2.75, 3.05) is 0 Å². The number of allylic oxidation sites excluding steroid dienone is 1. The maximum absolute atomic E-state index is 12.7. The molecule has 4 heteroatoms. The summed E-state index contributed by atoms with van der Waals surface area (Å²) in [5.41, 5.74) is 0.910. The van der Waals surface area contributed by atoms with Crippen LogP contribution in [0.4, 0.5) is 3.89 Å². The lowest BCUT2D eigenvalue weighted by Crippen LogP contribution is -2.02. The van der Waals surface area contributed by atoms with Gasteiger partial charge in [0.2, 0.25) is 0 Å². The van der Waals surface area contributed by atoms with Gasteiger partial charge < -0.3 is 0 Å². The van der Waals surface area contributed by atoms with E-state index < -0.39 is 10.2 Å². The third kappa shape index (κ3) is 3.67. The Morgan fingerprint density at radius 2 is 1.67 bits per heavy atom. The Balaban J connectivity index is 2.03. The van der Waals surface area contributed by atoms with Crippen LogP contribution in [0.2, 0.25) is 0 Å². The lowest BCUT2D eigenvalue weighted by molar-refractivity contribution is 0.420. The molecule has 1 aliphatic carbocycles. The fourth-order valence-electron chi connectivity index (χ4n) is 2.32. The van der Waals surface area contributed by atoms with Crippen molar-refractivity contribution < 1.29 is 12.3 Å². The average Bonchev–Trinajstić information content (AvgIpc) is 2.37. The molecule has 1 aromatic carbocycles. The third-order valence-electron chi connectivity index (χ3n) is 3.37.